The van der Waals surface area contributed by atoms with Crippen molar-refractivity contribution in [3.05, 3.63) is 29.3 Å². The second-order valence-electron chi connectivity index (χ2n) is 4.93. The van der Waals surface area contributed by atoms with E-state index < -0.39 is 0 Å². The molecule has 1 fully saturated rings. The van der Waals surface area contributed by atoms with Crippen molar-refractivity contribution in [3.63, 3.8) is 0 Å². The molecule has 0 saturated heterocycles. The van der Waals surface area contributed by atoms with Crippen molar-refractivity contribution in [2.45, 2.75) is 39.7 Å². The van der Waals surface area contributed by atoms with Gasteiger partial charge in [0.05, 0.1) is 6.61 Å². The van der Waals surface area contributed by atoms with E-state index in [1.165, 1.54) is 5.56 Å². The van der Waals surface area contributed by atoms with E-state index in [-0.39, 0.29) is 11.8 Å². The van der Waals surface area contributed by atoms with Gasteiger partial charge in [-0.3, -0.25) is 4.79 Å². The maximum absolute atomic E-state index is 11.6. The van der Waals surface area contributed by atoms with Crippen LogP contribution in [0.25, 0.3) is 0 Å². The van der Waals surface area contributed by atoms with Gasteiger partial charge in [-0.2, -0.15) is 0 Å². The molecule has 0 aromatic heterocycles. The van der Waals surface area contributed by atoms with E-state index in [1.807, 2.05) is 18.2 Å². The molecule has 1 aromatic carbocycles. The summed E-state index contributed by atoms with van der Waals surface area (Å²) >= 11 is 0. The average molecular weight is 247 g/mol. The van der Waals surface area contributed by atoms with Crippen molar-refractivity contribution >= 4 is 5.91 Å². The molecule has 0 bridgehead atoms. The van der Waals surface area contributed by atoms with Crippen molar-refractivity contribution in [2.75, 3.05) is 6.61 Å². The summed E-state index contributed by atoms with van der Waals surface area (Å²) in [6.45, 7) is 5.51. The van der Waals surface area contributed by atoms with Gasteiger partial charge in [0.25, 0.3) is 0 Å². The first-order chi connectivity index (χ1) is 8.70. The number of aryl methyl sites for hydroxylation is 1. The van der Waals surface area contributed by atoms with Gasteiger partial charge >= 0.3 is 0 Å². The molecule has 1 aromatic rings. The average Bonchev–Trinajstić information content (AvgIpc) is 3.19. The molecule has 0 heterocycles. The standard InChI is InChI=1S/C15H21NO2/c1-3-8-18-14-7-6-13(11(2)9-14)10-16-15(17)12-4-5-12/h6-7,9,12H,3-5,8,10H2,1-2H3,(H,16,17). The molecule has 0 atom stereocenters. The Morgan fingerprint density at radius 1 is 1.44 bits per heavy atom. The number of amides is 1. The smallest absolute Gasteiger partial charge is 0.223 e. The lowest BCUT2D eigenvalue weighted by molar-refractivity contribution is -0.122. The number of hydrogen-bond donors (Lipinski definition) is 1. The monoisotopic (exact) mass is 247 g/mol. The highest BCUT2D eigenvalue weighted by Gasteiger charge is 2.29. The van der Waals surface area contributed by atoms with Gasteiger partial charge in [-0.05, 0) is 49.4 Å². The van der Waals surface area contributed by atoms with Crippen LogP contribution in [0, 0.1) is 12.8 Å². The molecular weight excluding hydrogens is 226 g/mol. The van der Waals surface area contributed by atoms with Crippen LogP contribution in [0.5, 0.6) is 5.75 Å². The molecule has 18 heavy (non-hydrogen) atoms. The molecule has 2 rings (SSSR count). The molecule has 0 aliphatic heterocycles. The zero-order valence-electron chi connectivity index (χ0n) is 11.2. The second kappa shape index (κ2) is 5.89. The molecule has 1 saturated carbocycles. The number of hydrogen-bond acceptors (Lipinski definition) is 2. The Hall–Kier alpha value is -1.51. The van der Waals surface area contributed by atoms with Gasteiger partial charge < -0.3 is 10.1 Å². The molecule has 1 aliphatic rings. The summed E-state index contributed by atoms with van der Waals surface area (Å²) < 4.78 is 5.58. The zero-order chi connectivity index (χ0) is 13.0. The predicted octanol–water partition coefficient (Wildman–Crippen LogP) is 2.81. The van der Waals surface area contributed by atoms with Crippen LogP contribution in [0.2, 0.25) is 0 Å². The molecule has 1 amide bonds. The highest BCUT2D eigenvalue weighted by molar-refractivity contribution is 5.80. The Morgan fingerprint density at radius 2 is 2.22 bits per heavy atom. The topological polar surface area (TPSA) is 38.3 Å². The Bertz CT molecular complexity index is 425. The summed E-state index contributed by atoms with van der Waals surface area (Å²) in [4.78, 5) is 11.6. The minimum Gasteiger partial charge on any atom is -0.494 e. The number of ether oxygens (including phenoxy) is 1. The van der Waals surface area contributed by atoms with Gasteiger partial charge in [0, 0.05) is 12.5 Å². The molecule has 0 unspecified atom stereocenters. The van der Waals surface area contributed by atoms with Crippen molar-refractivity contribution in [2.24, 2.45) is 5.92 Å². The number of rotatable bonds is 6. The van der Waals surface area contributed by atoms with E-state index in [0.29, 0.717) is 6.54 Å². The first kappa shape index (κ1) is 12.9. The fraction of sp³-hybridized carbons (Fsp3) is 0.533. The highest BCUT2D eigenvalue weighted by Crippen LogP contribution is 2.29. The van der Waals surface area contributed by atoms with Crippen molar-refractivity contribution in [1.82, 2.24) is 5.32 Å². The lowest BCUT2D eigenvalue weighted by Crippen LogP contribution is -2.24. The maximum atomic E-state index is 11.6. The summed E-state index contributed by atoms with van der Waals surface area (Å²) in [5.41, 5.74) is 2.33. The van der Waals surface area contributed by atoms with Gasteiger partial charge in [-0.1, -0.05) is 13.0 Å². The van der Waals surface area contributed by atoms with Crippen molar-refractivity contribution in [3.8, 4) is 5.75 Å². The molecule has 3 nitrogen and oxygen atoms in total. The van der Waals surface area contributed by atoms with E-state index in [1.54, 1.807) is 0 Å². The van der Waals surface area contributed by atoms with E-state index in [0.717, 1.165) is 37.2 Å². The van der Waals surface area contributed by atoms with E-state index in [2.05, 4.69) is 19.2 Å². The minimum atomic E-state index is 0.195. The van der Waals surface area contributed by atoms with Crippen LogP contribution in [0.3, 0.4) is 0 Å². The maximum Gasteiger partial charge on any atom is 0.223 e. The van der Waals surface area contributed by atoms with Crippen LogP contribution in [-0.4, -0.2) is 12.5 Å². The minimum absolute atomic E-state index is 0.195. The van der Waals surface area contributed by atoms with Crippen LogP contribution in [0.1, 0.15) is 37.3 Å². The fourth-order valence-electron chi connectivity index (χ4n) is 1.85. The van der Waals surface area contributed by atoms with Crippen molar-refractivity contribution < 1.29 is 9.53 Å². The van der Waals surface area contributed by atoms with E-state index in [9.17, 15) is 4.79 Å². The molecular formula is C15H21NO2. The third-order valence-electron chi connectivity index (χ3n) is 3.19. The highest BCUT2D eigenvalue weighted by atomic mass is 16.5. The summed E-state index contributed by atoms with van der Waals surface area (Å²) in [5.74, 6) is 1.38. The SMILES string of the molecule is CCCOc1ccc(CNC(=O)C2CC2)c(C)c1. The summed E-state index contributed by atoms with van der Waals surface area (Å²) in [5, 5.41) is 2.98. The quantitative estimate of drug-likeness (QED) is 0.839. The largest absolute Gasteiger partial charge is 0.494 e. The molecule has 3 heteroatoms. The number of carbonyl (C=O) groups excluding carboxylic acids is 1. The Balaban J connectivity index is 1.89. The van der Waals surface area contributed by atoms with Crippen LogP contribution in [0.15, 0.2) is 18.2 Å². The van der Waals surface area contributed by atoms with Crippen LogP contribution >= 0.6 is 0 Å². The third kappa shape index (κ3) is 3.49. The van der Waals surface area contributed by atoms with Gasteiger partial charge in [-0.25, -0.2) is 0 Å². The van der Waals surface area contributed by atoms with Gasteiger partial charge in [0.15, 0.2) is 0 Å². The van der Waals surface area contributed by atoms with E-state index >= 15 is 0 Å². The van der Waals surface area contributed by atoms with Crippen LogP contribution in [0.4, 0.5) is 0 Å². The zero-order valence-corrected chi connectivity index (χ0v) is 11.2. The Morgan fingerprint density at radius 3 is 2.83 bits per heavy atom. The molecule has 1 N–H and O–H groups in total. The number of benzene rings is 1. The fourth-order valence-corrected chi connectivity index (χ4v) is 1.85. The number of nitrogens with one attached hydrogen (secondary N) is 1. The third-order valence-corrected chi connectivity index (χ3v) is 3.19. The van der Waals surface area contributed by atoms with Gasteiger partial charge in [0.2, 0.25) is 5.91 Å². The normalized spacial score (nSPS) is 14.3. The Kier molecular flexibility index (Phi) is 4.24. The molecule has 98 valence electrons. The molecule has 0 radical (unpaired) electrons. The lowest BCUT2D eigenvalue weighted by atomic mass is 10.1. The summed E-state index contributed by atoms with van der Waals surface area (Å²) in [6.07, 6.45) is 3.11. The van der Waals surface area contributed by atoms with Crippen LogP contribution in [-0.2, 0) is 11.3 Å². The Labute approximate surface area is 109 Å². The predicted molar refractivity (Wildman–Crippen MR) is 71.5 cm³/mol. The summed E-state index contributed by atoms with van der Waals surface area (Å²) in [7, 11) is 0. The van der Waals surface area contributed by atoms with Gasteiger partial charge in [0.1, 0.15) is 5.75 Å². The molecule has 1 aliphatic carbocycles. The first-order valence-corrected chi connectivity index (χ1v) is 6.70. The van der Waals surface area contributed by atoms with Crippen LogP contribution < -0.4 is 10.1 Å². The molecule has 0 spiro atoms. The lowest BCUT2D eigenvalue weighted by Gasteiger charge is -2.10. The first-order valence-electron chi connectivity index (χ1n) is 6.70. The van der Waals surface area contributed by atoms with E-state index in [4.69, 9.17) is 4.74 Å². The second-order valence-corrected chi connectivity index (χ2v) is 4.93. The van der Waals surface area contributed by atoms with Crippen molar-refractivity contribution in [1.29, 1.82) is 0 Å². The van der Waals surface area contributed by atoms with Gasteiger partial charge in [-0.15, -0.1) is 0 Å². The summed E-state index contributed by atoms with van der Waals surface area (Å²) in [6, 6.07) is 6.04. The number of carbonyl (C=O) groups is 1.